The van der Waals surface area contributed by atoms with Gasteiger partial charge in [-0.25, -0.2) is 15.0 Å². The standard InChI is InChI=1S/C24H26N6O2S/c1-30(2)23-26-13-15(14-27-23)20-11-17(9-10-25-20)32-16-7-8-19-22(12-16)33-24(29-19)28-18-5-3-4-6-21(18)31/h7-14,18,21,31H,3-6H2,1-2H3,(H,28,29)/t18-,21-/m1/s1. The molecule has 1 fully saturated rings. The minimum Gasteiger partial charge on any atom is -0.457 e. The van der Waals surface area contributed by atoms with Crippen molar-refractivity contribution in [2.45, 2.75) is 37.8 Å². The van der Waals surface area contributed by atoms with E-state index in [2.05, 4.69) is 25.3 Å². The van der Waals surface area contributed by atoms with Gasteiger partial charge in [-0.15, -0.1) is 0 Å². The number of fused-ring (bicyclic) bond motifs is 1. The Kier molecular flexibility index (Phi) is 6.06. The van der Waals surface area contributed by atoms with Crippen LogP contribution < -0.4 is 15.0 Å². The van der Waals surface area contributed by atoms with Gasteiger partial charge in [0.2, 0.25) is 5.95 Å². The molecule has 8 nitrogen and oxygen atoms in total. The fourth-order valence-corrected chi connectivity index (χ4v) is 4.88. The Hall–Kier alpha value is -3.30. The monoisotopic (exact) mass is 462 g/mol. The van der Waals surface area contributed by atoms with Crippen LogP contribution in [-0.4, -0.2) is 51.3 Å². The Morgan fingerprint density at radius 3 is 2.61 bits per heavy atom. The number of hydrogen-bond donors (Lipinski definition) is 2. The van der Waals surface area contributed by atoms with Crippen molar-refractivity contribution in [1.82, 2.24) is 19.9 Å². The first-order valence-corrected chi connectivity index (χ1v) is 11.9. The molecule has 2 N–H and O–H groups in total. The number of nitrogens with zero attached hydrogens (tertiary/aromatic N) is 5. The van der Waals surface area contributed by atoms with Crippen LogP contribution in [0.1, 0.15) is 25.7 Å². The van der Waals surface area contributed by atoms with Crippen molar-refractivity contribution in [2.75, 3.05) is 24.3 Å². The number of rotatable bonds is 6. The number of aromatic nitrogens is 4. The number of ether oxygens (including phenoxy) is 1. The molecule has 0 amide bonds. The van der Waals surface area contributed by atoms with Crippen LogP contribution in [0.3, 0.4) is 0 Å². The average Bonchev–Trinajstić information content (AvgIpc) is 3.22. The summed E-state index contributed by atoms with van der Waals surface area (Å²) < 4.78 is 7.15. The van der Waals surface area contributed by atoms with Crippen molar-refractivity contribution in [1.29, 1.82) is 0 Å². The summed E-state index contributed by atoms with van der Waals surface area (Å²) in [5, 5.41) is 14.5. The van der Waals surface area contributed by atoms with Crippen LogP contribution in [0.25, 0.3) is 21.5 Å². The molecule has 170 valence electrons. The molecule has 0 spiro atoms. The lowest BCUT2D eigenvalue weighted by atomic mass is 9.93. The van der Waals surface area contributed by atoms with E-state index < -0.39 is 0 Å². The highest BCUT2D eigenvalue weighted by Gasteiger charge is 2.23. The number of thiazole rings is 1. The van der Waals surface area contributed by atoms with Crippen LogP contribution in [-0.2, 0) is 0 Å². The highest BCUT2D eigenvalue weighted by Crippen LogP contribution is 2.33. The lowest BCUT2D eigenvalue weighted by Gasteiger charge is -2.27. The van der Waals surface area contributed by atoms with Gasteiger partial charge in [-0.05, 0) is 31.0 Å². The number of hydrogen-bond acceptors (Lipinski definition) is 9. The van der Waals surface area contributed by atoms with Crippen LogP contribution >= 0.6 is 11.3 Å². The molecule has 1 aromatic carbocycles. The van der Waals surface area contributed by atoms with E-state index >= 15 is 0 Å². The van der Waals surface area contributed by atoms with Gasteiger partial charge in [0.05, 0.1) is 28.1 Å². The van der Waals surface area contributed by atoms with Gasteiger partial charge in [-0.3, -0.25) is 4.98 Å². The van der Waals surface area contributed by atoms with Crippen molar-refractivity contribution in [3.05, 3.63) is 48.9 Å². The minimum absolute atomic E-state index is 0.0704. The van der Waals surface area contributed by atoms with Crippen LogP contribution in [0.4, 0.5) is 11.1 Å². The smallest absolute Gasteiger partial charge is 0.224 e. The summed E-state index contributed by atoms with van der Waals surface area (Å²) in [5.41, 5.74) is 2.48. The number of pyridine rings is 1. The Bertz CT molecular complexity index is 1240. The highest BCUT2D eigenvalue weighted by atomic mass is 32.1. The molecule has 1 aliphatic rings. The number of nitrogens with one attached hydrogen (secondary N) is 1. The van der Waals surface area contributed by atoms with Gasteiger partial charge in [-0.2, -0.15) is 0 Å². The number of aliphatic hydroxyl groups excluding tert-OH is 1. The summed E-state index contributed by atoms with van der Waals surface area (Å²) in [4.78, 5) is 19.7. The summed E-state index contributed by atoms with van der Waals surface area (Å²) in [7, 11) is 3.81. The summed E-state index contributed by atoms with van der Waals surface area (Å²) in [6, 6.07) is 9.64. The van der Waals surface area contributed by atoms with Crippen molar-refractivity contribution in [3.8, 4) is 22.8 Å². The van der Waals surface area contributed by atoms with Crippen LogP contribution in [0, 0.1) is 0 Å². The van der Waals surface area contributed by atoms with E-state index in [1.165, 1.54) is 0 Å². The van der Waals surface area contributed by atoms with Crippen LogP contribution in [0.15, 0.2) is 48.9 Å². The Morgan fingerprint density at radius 1 is 1.03 bits per heavy atom. The third-order valence-corrected chi connectivity index (χ3v) is 6.65. The molecule has 9 heteroatoms. The zero-order valence-corrected chi connectivity index (χ0v) is 19.4. The molecule has 0 bridgehead atoms. The fraction of sp³-hybridized carbons (Fsp3) is 0.333. The van der Waals surface area contributed by atoms with Crippen molar-refractivity contribution >= 4 is 32.6 Å². The molecule has 0 aliphatic heterocycles. The third-order valence-electron chi connectivity index (χ3n) is 5.70. The maximum atomic E-state index is 10.2. The highest BCUT2D eigenvalue weighted by molar-refractivity contribution is 7.22. The van der Waals surface area contributed by atoms with Gasteiger partial charge in [0.15, 0.2) is 5.13 Å². The molecular formula is C24H26N6O2S. The SMILES string of the molecule is CN(C)c1ncc(-c2cc(Oc3ccc4nc(N[C@@H]5CCCC[C@H]5O)sc4c3)ccn2)cn1. The molecule has 2 atom stereocenters. The predicted molar refractivity (Wildman–Crippen MR) is 131 cm³/mol. The quantitative estimate of drug-likeness (QED) is 0.425. The van der Waals surface area contributed by atoms with Crippen molar-refractivity contribution in [3.63, 3.8) is 0 Å². The fourth-order valence-electron chi connectivity index (χ4n) is 3.92. The molecule has 1 saturated carbocycles. The Labute approximate surface area is 196 Å². The Morgan fingerprint density at radius 2 is 1.82 bits per heavy atom. The third kappa shape index (κ3) is 4.89. The van der Waals surface area contributed by atoms with Crippen LogP contribution in [0.5, 0.6) is 11.5 Å². The van der Waals surface area contributed by atoms with Gasteiger partial charge in [0.25, 0.3) is 0 Å². The first kappa shape index (κ1) is 21.5. The first-order chi connectivity index (χ1) is 16.0. The van der Waals surface area contributed by atoms with Crippen LogP contribution in [0.2, 0.25) is 0 Å². The van der Waals surface area contributed by atoms with Crippen molar-refractivity contribution in [2.24, 2.45) is 0 Å². The topological polar surface area (TPSA) is 96.3 Å². The largest absolute Gasteiger partial charge is 0.457 e. The van der Waals surface area contributed by atoms with E-state index in [9.17, 15) is 5.11 Å². The summed E-state index contributed by atoms with van der Waals surface area (Å²) >= 11 is 1.58. The van der Waals surface area contributed by atoms with Gasteiger partial charge in [0, 0.05) is 50.4 Å². The molecule has 33 heavy (non-hydrogen) atoms. The van der Waals surface area contributed by atoms with E-state index in [-0.39, 0.29) is 12.1 Å². The molecule has 5 rings (SSSR count). The summed E-state index contributed by atoms with van der Waals surface area (Å²) in [5.74, 6) is 2.06. The first-order valence-electron chi connectivity index (χ1n) is 11.0. The molecule has 0 unspecified atom stereocenters. The van der Waals surface area contributed by atoms with E-state index in [0.717, 1.165) is 58.0 Å². The molecule has 3 aromatic heterocycles. The zero-order valence-electron chi connectivity index (χ0n) is 18.6. The maximum Gasteiger partial charge on any atom is 0.224 e. The molecule has 4 aromatic rings. The second-order valence-corrected chi connectivity index (χ2v) is 9.43. The lowest BCUT2D eigenvalue weighted by Crippen LogP contribution is -2.36. The Balaban J connectivity index is 1.32. The van der Waals surface area contributed by atoms with E-state index in [1.807, 2.05) is 49.3 Å². The maximum absolute atomic E-state index is 10.2. The van der Waals surface area contributed by atoms with E-state index in [4.69, 9.17) is 4.74 Å². The van der Waals surface area contributed by atoms with Crippen molar-refractivity contribution < 1.29 is 9.84 Å². The number of benzene rings is 1. The minimum atomic E-state index is -0.310. The van der Waals surface area contributed by atoms with Gasteiger partial charge in [0.1, 0.15) is 11.5 Å². The lowest BCUT2D eigenvalue weighted by molar-refractivity contribution is 0.116. The second-order valence-electron chi connectivity index (χ2n) is 8.40. The normalized spacial score (nSPS) is 18.3. The molecule has 3 heterocycles. The van der Waals surface area contributed by atoms with Gasteiger partial charge < -0.3 is 20.1 Å². The second kappa shape index (κ2) is 9.29. The number of aliphatic hydroxyl groups is 1. The molecular weight excluding hydrogens is 436 g/mol. The van der Waals surface area contributed by atoms with E-state index in [1.54, 1.807) is 29.9 Å². The predicted octanol–water partition coefficient (Wildman–Crippen LogP) is 4.72. The summed E-state index contributed by atoms with van der Waals surface area (Å²) in [6.07, 6.45) is 8.97. The van der Waals surface area contributed by atoms with Gasteiger partial charge in [-0.1, -0.05) is 24.2 Å². The van der Waals surface area contributed by atoms with E-state index in [0.29, 0.717) is 11.7 Å². The average molecular weight is 463 g/mol. The molecule has 0 saturated heterocycles. The van der Waals surface area contributed by atoms with Gasteiger partial charge >= 0.3 is 0 Å². The summed E-state index contributed by atoms with van der Waals surface area (Å²) in [6.45, 7) is 0. The molecule has 1 aliphatic carbocycles. The molecule has 0 radical (unpaired) electrons. The number of anilines is 2. The zero-order chi connectivity index (χ0) is 22.8.